The number of fused-ring (bicyclic) bond motifs is 3. The highest BCUT2D eigenvalue weighted by molar-refractivity contribution is 6.06. The van der Waals surface area contributed by atoms with Crippen molar-refractivity contribution in [3.8, 4) is 44.5 Å². The van der Waals surface area contributed by atoms with Gasteiger partial charge in [0.05, 0.1) is 0 Å². The summed E-state index contributed by atoms with van der Waals surface area (Å²) in [5, 5.41) is 2.25. The summed E-state index contributed by atoms with van der Waals surface area (Å²) in [5.41, 5.74) is 14.5. The fraction of sp³-hybridized carbons (Fsp3) is 0. The molecule has 0 saturated carbocycles. The summed E-state index contributed by atoms with van der Waals surface area (Å²) in [6.07, 6.45) is 0. The van der Waals surface area contributed by atoms with E-state index in [-0.39, 0.29) is 0 Å². The van der Waals surface area contributed by atoms with E-state index in [2.05, 4.69) is 193 Å². The molecule has 1 heterocycles. The van der Waals surface area contributed by atoms with Crippen molar-refractivity contribution in [1.82, 2.24) is 0 Å². The SMILES string of the molecule is c1ccc(-c2cccc(-c3ccc(-c4ccc(N(c5cccc(-c6ccccc6)c5)c5ccc6c(c5)oc5ccccc56)cc4)cc3)c2)cc1. The summed E-state index contributed by atoms with van der Waals surface area (Å²) in [6.45, 7) is 0. The van der Waals surface area contributed by atoms with E-state index >= 15 is 0 Å². The van der Waals surface area contributed by atoms with Gasteiger partial charge in [-0.1, -0.05) is 146 Å². The lowest BCUT2D eigenvalue weighted by atomic mass is 9.97. The largest absolute Gasteiger partial charge is 0.456 e. The van der Waals surface area contributed by atoms with Gasteiger partial charge in [0.15, 0.2) is 0 Å². The predicted molar refractivity (Wildman–Crippen MR) is 210 cm³/mol. The van der Waals surface area contributed by atoms with E-state index in [1.165, 1.54) is 44.5 Å². The van der Waals surface area contributed by atoms with Gasteiger partial charge in [-0.25, -0.2) is 0 Å². The van der Waals surface area contributed by atoms with Gasteiger partial charge in [0, 0.05) is 33.9 Å². The molecule has 0 radical (unpaired) electrons. The van der Waals surface area contributed by atoms with Crippen molar-refractivity contribution in [3.63, 3.8) is 0 Å². The van der Waals surface area contributed by atoms with E-state index < -0.39 is 0 Å². The minimum atomic E-state index is 0.874. The Balaban J connectivity index is 1.07. The first kappa shape index (κ1) is 29.5. The number of hydrogen-bond donors (Lipinski definition) is 0. The van der Waals surface area contributed by atoms with Crippen LogP contribution >= 0.6 is 0 Å². The molecule has 0 fully saturated rings. The highest BCUT2D eigenvalue weighted by Crippen LogP contribution is 2.40. The third-order valence-corrected chi connectivity index (χ3v) is 9.48. The Morgan fingerprint density at radius 2 is 0.700 bits per heavy atom. The van der Waals surface area contributed by atoms with Gasteiger partial charge in [-0.2, -0.15) is 0 Å². The summed E-state index contributed by atoms with van der Waals surface area (Å²) in [7, 11) is 0. The second kappa shape index (κ2) is 12.8. The van der Waals surface area contributed by atoms with Crippen LogP contribution in [0.2, 0.25) is 0 Å². The van der Waals surface area contributed by atoms with Gasteiger partial charge in [-0.3, -0.25) is 0 Å². The van der Waals surface area contributed by atoms with Crippen molar-refractivity contribution in [2.75, 3.05) is 4.90 Å². The Kier molecular flexibility index (Phi) is 7.53. The van der Waals surface area contributed by atoms with Crippen molar-refractivity contribution < 1.29 is 4.42 Å². The quantitative estimate of drug-likeness (QED) is 0.173. The maximum absolute atomic E-state index is 6.33. The molecule has 0 unspecified atom stereocenters. The minimum absolute atomic E-state index is 0.874. The number of para-hydroxylation sites is 1. The lowest BCUT2D eigenvalue weighted by molar-refractivity contribution is 0.669. The summed E-state index contributed by atoms with van der Waals surface area (Å²) in [5.74, 6) is 0. The molecule has 2 nitrogen and oxygen atoms in total. The fourth-order valence-corrected chi connectivity index (χ4v) is 6.92. The average molecular weight is 640 g/mol. The highest BCUT2D eigenvalue weighted by Gasteiger charge is 2.16. The first-order chi connectivity index (χ1) is 24.8. The second-order valence-corrected chi connectivity index (χ2v) is 12.6. The van der Waals surface area contributed by atoms with Gasteiger partial charge in [-0.05, 0) is 93.0 Å². The zero-order valence-corrected chi connectivity index (χ0v) is 27.4. The second-order valence-electron chi connectivity index (χ2n) is 12.6. The molecule has 0 bridgehead atoms. The molecular weight excluding hydrogens is 607 g/mol. The van der Waals surface area contributed by atoms with Crippen molar-refractivity contribution in [2.45, 2.75) is 0 Å². The van der Waals surface area contributed by atoms with Crippen molar-refractivity contribution >= 4 is 39.0 Å². The Morgan fingerprint density at radius 1 is 0.260 bits per heavy atom. The van der Waals surface area contributed by atoms with Crippen LogP contribution in [0.15, 0.2) is 205 Å². The molecule has 0 amide bonds. The predicted octanol–water partition coefficient (Wildman–Crippen LogP) is 13.7. The number of anilines is 3. The summed E-state index contributed by atoms with van der Waals surface area (Å²) >= 11 is 0. The first-order valence-corrected chi connectivity index (χ1v) is 17.0. The fourth-order valence-electron chi connectivity index (χ4n) is 6.92. The number of rotatable bonds is 7. The molecular formula is C48H33NO. The summed E-state index contributed by atoms with van der Waals surface area (Å²) < 4.78 is 6.33. The number of nitrogens with zero attached hydrogens (tertiary/aromatic N) is 1. The van der Waals surface area contributed by atoms with E-state index in [0.717, 1.165) is 39.0 Å². The molecule has 0 N–H and O–H groups in total. The van der Waals surface area contributed by atoms with Gasteiger partial charge in [0.25, 0.3) is 0 Å². The van der Waals surface area contributed by atoms with Crippen LogP contribution in [0.4, 0.5) is 17.1 Å². The lowest BCUT2D eigenvalue weighted by Crippen LogP contribution is -2.10. The van der Waals surface area contributed by atoms with E-state index in [9.17, 15) is 0 Å². The monoisotopic (exact) mass is 639 g/mol. The van der Waals surface area contributed by atoms with Crippen LogP contribution in [0.5, 0.6) is 0 Å². The molecule has 9 aromatic rings. The van der Waals surface area contributed by atoms with Crippen molar-refractivity contribution in [2.24, 2.45) is 0 Å². The van der Waals surface area contributed by atoms with E-state index in [1.54, 1.807) is 0 Å². The Hall–Kier alpha value is -6.64. The van der Waals surface area contributed by atoms with Crippen LogP contribution < -0.4 is 4.90 Å². The summed E-state index contributed by atoms with van der Waals surface area (Å²) in [6, 6.07) is 71.1. The standard InChI is InChI=1S/C48H33NO/c1-3-11-34(12-4-1)39-15-9-16-40(31-39)38-23-21-36(22-24-38)37-25-27-42(28-26-37)49(43-18-10-17-41(32-43)35-13-5-2-6-14-35)44-29-30-46-45-19-7-8-20-47(45)50-48(46)33-44/h1-33H. The zero-order chi connectivity index (χ0) is 33.3. The average Bonchev–Trinajstić information content (AvgIpc) is 3.57. The normalized spacial score (nSPS) is 11.2. The Bertz CT molecular complexity index is 2570. The van der Waals surface area contributed by atoms with Crippen LogP contribution in [0.3, 0.4) is 0 Å². The molecule has 0 aliphatic carbocycles. The van der Waals surface area contributed by atoms with E-state index in [1.807, 2.05) is 12.1 Å². The van der Waals surface area contributed by atoms with Crippen LogP contribution in [-0.4, -0.2) is 0 Å². The van der Waals surface area contributed by atoms with Crippen LogP contribution in [0, 0.1) is 0 Å². The molecule has 0 aliphatic rings. The molecule has 8 aromatic carbocycles. The molecule has 0 spiro atoms. The van der Waals surface area contributed by atoms with E-state index in [0.29, 0.717) is 0 Å². The first-order valence-electron chi connectivity index (χ1n) is 17.0. The lowest BCUT2D eigenvalue weighted by Gasteiger charge is -2.26. The van der Waals surface area contributed by atoms with Gasteiger partial charge in [-0.15, -0.1) is 0 Å². The number of hydrogen-bond acceptors (Lipinski definition) is 2. The third-order valence-electron chi connectivity index (χ3n) is 9.48. The van der Waals surface area contributed by atoms with Gasteiger partial charge >= 0.3 is 0 Å². The smallest absolute Gasteiger partial charge is 0.137 e. The Morgan fingerprint density at radius 3 is 1.36 bits per heavy atom. The summed E-state index contributed by atoms with van der Waals surface area (Å²) in [4.78, 5) is 2.31. The van der Waals surface area contributed by atoms with Gasteiger partial charge in [0.2, 0.25) is 0 Å². The highest BCUT2D eigenvalue weighted by atomic mass is 16.3. The molecule has 0 aliphatic heterocycles. The minimum Gasteiger partial charge on any atom is -0.456 e. The molecule has 0 saturated heterocycles. The molecule has 236 valence electrons. The van der Waals surface area contributed by atoms with Crippen molar-refractivity contribution in [1.29, 1.82) is 0 Å². The maximum atomic E-state index is 6.33. The molecule has 50 heavy (non-hydrogen) atoms. The molecule has 0 atom stereocenters. The van der Waals surface area contributed by atoms with Gasteiger partial charge in [0.1, 0.15) is 11.2 Å². The molecule has 1 aromatic heterocycles. The topological polar surface area (TPSA) is 16.4 Å². The van der Waals surface area contributed by atoms with Crippen molar-refractivity contribution in [3.05, 3.63) is 200 Å². The van der Waals surface area contributed by atoms with Crippen LogP contribution in [0.1, 0.15) is 0 Å². The van der Waals surface area contributed by atoms with E-state index in [4.69, 9.17) is 4.42 Å². The molecule has 2 heteroatoms. The zero-order valence-electron chi connectivity index (χ0n) is 27.4. The van der Waals surface area contributed by atoms with Crippen LogP contribution in [0.25, 0.3) is 66.4 Å². The maximum Gasteiger partial charge on any atom is 0.137 e. The third kappa shape index (κ3) is 5.63. The molecule has 9 rings (SSSR count). The van der Waals surface area contributed by atoms with Crippen LogP contribution in [-0.2, 0) is 0 Å². The number of furan rings is 1. The van der Waals surface area contributed by atoms with Gasteiger partial charge < -0.3 is 9.32 Å². The Labute approximate surface area is 292 Å². The number of benzene rings is 8.